The van der Waals surface area contributed by atoms with Gasteiger partial charge in [0.05, 0.1) is 0 Å². The standard InChI is InChI=1S/C12H16N4S/c1-9(2)16(12-15-14-8-17-12)7-10-3-5-11(13)6-4-10/h3-6,8-9H,7,13H2,1-2H3. The average molecular weight is 248 g/mol. The van der Waals surface area contributed by atoms with Crippen LogP contribution < -0.4 is 10.6 Å². The molecule has 0 spiro atoms. The molecule has 2 aromatic rings. The lowest BCUT2D eigenvalue weighted by molar-refractivity contribution is 0.676. The van der Waals surface area contributed by atoms with Gasteiger partial charge in [-0.3, -0.25) is 0 Å². The Bertz CT molecular complexity index is 450. The number of aromatic nitrogens is 2. The molecule has 0 aliphatic heterocycles. The summed E-state index contributed by atoms with van der Waals surface area (Å²) < 4.78 is 0. The SMILES string of the molecule is CC(C)N(Cc1ccc(N)cc1)c1nncs1. The van der Waals surface area contributed by atoms with Crippen molar-refractivity contribution in [2.24, 2.45) is 0 Å². The molecule has 0 saturated carbocycles. The van der Waals surface area contributed by atoms with Crippen molar-refractivity contribution < 1.29 is 0 Å². The van der Waals surface area contributed by atoms with E-state index in [0.717, 1.165) is 17.4 Å². The molecule has 5 heteroatoms. The normalized spacial score (nSPS) is 10.8. The van der Waals surface area contributed by atoms with Gasteiger partial charge in [0.2, 0.25) is 5.13 Å². The number of nitrogens with zero attached hydrogens (tertiary/aromatic N) is 3. The Labute approximate surface area is 105 Å². The molecule has 0 bridgehead atoms. The highest BCUT2D eigenvalue weighted by Gasteiger charge is 2.13. The summed E-state index contributed by atoms with van der Waals surface area (Å²) in [6.07, 6.45) is 0. The van der Waals surface area contributed by atoms with Crippen LogP contribution in [0.2, 0.25) is 0 Å². The largest absolute Gasteiger partial charge is 0.399 e. The number of rotatable bonds is 4. The monoisotopic (exact) mass is 248 g/mol. The molecule has 1 aromatic heterocycles. The molecular formula is C12H16N4S. The third-order valence-corrected chi connectivity index (χ3v) is 3.28. The van der Waals surface area contributed by atoms with Gasteiger partial charge in [0, 0.05) is 18.3 Å². The van der Waals surface area contributed by atoms with E-state index in [4.69, 9.17) is 5.73 Å². The van der Waals surface area contributed by atoms with Gasteiger partial charge in [0.25, 0.3) is 0 Å². The average Bonchev–Trinajstić information content (AvgIpc) is 2.81. The number of hydrogen-bond donors (Lipinski definition) is 1. The van der Waals surface area contributed by atoms with Gasteiger partial charge >= 0.3 is 0 Å². The number of anilines is 2. The predicted octanol–water partition coefficient (Wildman–Crippen LogP) is 2.54. The van der Waals surface area contributed by atoms with Crippen LogP contribution in [0, 0.1) is 0 Å². The molecule has 0 amide bonds. The molecule has 2 N–H and O–H groups in total. The summed E-state index contributed by atoms with van der Waals surface area (Å²) >= 11 is 1.56. The van der Waals surface area contributed by atoms with Gasteiger partial charge in [-0.1, -0.05) is 23.5 Å². The predicted molar refractivity (Wildman–Crippen MR) is 72.1 cm³/mol. The number of benzene rings is 1. The molecule has 0 radical (unpaired) electrons. The van der Waals surface area contributed by atoms with Crippen LogP contribution in [-0.2, 0) is 6.54 Å². The van der Waals surface area contributed by atoms with Crippen molar-refractivity contribution in [2.75, 3.05) is 10.6 Å². The van der Waals surface area contributed by atoms with E-state index < -0.39 is 0 Å². The van der Waals surface area contributed by atoms with E-state index in [9.17, 15) is 0 Å². The van der Waals surface area contributed by atoms with Crippen LogP contribution in [0.5, 0.6) is 0 Å². The van der Waals surface area contributed by atoms with E-state index in [-0.39, 0.29) is 0 Å². The zero-order valence-corrected chi connectivity index (χ0v) is 10.8. The molecule has 4 nitrogen and oxygen atoms in total. The van der Waals surface area contributed by atoms with E-state index in [2.05, 4.69) is 28.9 Å². The zero-order chi connectivity index (χ0) is 12.3. The van der Waals surface area contributed by atoms with Crippen LogP contribution >= 0.6 is 11.3 Å². The summed E-state index contributed by atoms with van der Waals surface area (Å²) in [5.74, 6) is 0. The molecular weight excluding hydrogens is 232 g/mol. The van der Waals surface area contributed by atoms with Gasteiger partial charge < -0.3 is 10.6 Å². The van der Waals surface area contributed by atoms with Gasteiger partial charge in [-0.05, 0) is 31.5 Å². The minimum absolute atomic E-state index is 0.389. The maximum atomic E-state index is 5.68. The van der Waals surface area contributed by atoms with Gasteiger partial charge in [-0.25, -0.2) is 0 Å². The van der Waals surface area contributed by atoms with Crippen LogP contribution in [-0.4, -0.2) is 16.2 Å². The zero-order valence-electron chi connectivity index (χ0n) is 10.00. The smallest absolute Gasteiger partial charge is 0.208 e. The van der Waals surface area contributed by atoms with Crippen LogP contribution in [0.15, 0.2) is 29.8 Å². The van der Waals surface area contributed by atoms with Crippen molar-refractivity contribution in [2.45, 2.75) is 26.4 Å². The third kappa shape index (κ3) is 2.94. The van der Waals surface area contributed by atoms with Gasteiger partial charge in [0.15, 0.2) is 0 Å². The Kier molecular flexibility index (Phi) is 3.58. The molecule has 1 heterocycles. The highest BCUT2D eigenvalue weighted by atomic mass is 32.1. The summed E-state index contributed by atoms with van der Waals surface area (Å²) in [4.78, 5) is 2.23. The number of nitrogens with two attached hydrogens (primary N) is 1. The van der Waals surface area contributed by atoms with E-state index >= 15 is 0 Å². The minimum Gasteiger partial charge on any atom is -0.399 e. The molecule has 0 saturated heterocycles. The lowest BCUT2D eigenvalue weighted by Crippen LogP contribution is -2.30. The lowest BCUT2D eigenvalue weighted by Gasteiger charge is -2.25. The Hall–Kier alpha value is -1.62. The highest BCUT2D eigenvalue weighted by Crippen LogP contribution is 2.21. The Balaban J connectivity index is 2.16. The van der Waals surface area contributed by atoms with E-state index in [1.807, 2.05) is 24.3 Å². The van der Waals surface area contributed by atoms with Crippen molar-refractivity contribution in [3.8, 4) is 0 Å². The quantitative estimate of drug-likeness (QED) is 0.845. The fourth-order valence-electron chi connectivity index (χ4n) is 1.58. The highest BCUT2D eigenvalue weighted by molar-refractivity contribution is 7.13. The van der Waals surface area contributed by atoms with Crippen LogP contribution in [0.25, 0.3) is 0 Å². The molecule has 0 aliphatic rings. The topological polar surface area (TPSA) is 55.0 Å². The first-order chi connectivity index (χ1) is 8.16. The molecule has 17 heavy (non-hydrogen) atoms. The Morgan fingerprint density at radius 1 is 1.29 bits per heavy atom. The van der Waals surface area contributed by atoms with Crippen LogP contribution in [0.3, 0.4) is 0 Å². The number of nitrogen functional groups attached to an aromatic ring is 1. The Morgan fingerprint density at radius 2 is 2.00 bits per heavy atom. The van der Waals surface area contributed by atoms with E-state index in [1.165, 1.54) is 5.56 Å². The first-order valence-corrected chi connectivity index (χ1v) is 6.42. The van der Waals surface area contributed by atoms with Crippen molar-refractivity contribution in [3.05, 3.63) is 35.3 Å². The number of hydrogen-bond acceptors (Lipinski definition) is 5. The van der Waals surface area contributed by atoms with Crippen molar-refractivity contribution >= 4 is 22.2 Å². The lowest BCUT2D eigenvalue weighted by atomic mass is 10.2. The summed E-state index contributed by atoms with van der Waals surface area (Å²) in [5.41, 5.74) is 9.45. The first kappa shape index (κ1) is 11.9. The minimum atomic E-state index is 0.389. The van der Waals surface area contributed by atoms with Crippen molar-refractivity contribution in [1.82, 2.24) is 10.2 Å². The molecule has 0 atom stereocenters. The molecule has 90 valence electrons. The third-order valence-electron chi connectivity index (χ3n) is 2.55. The summed E-state index contributed by atoms with van der Waals surface area (Å²) in [6, 6.07) is 8.33. The van der Waals surface area contributed by atoms with Crippen LogP contribution in [0.4, 0.5) is 10.8 Å². The van der Waals surface area contributed by atoms with Crippen molar-refractivity contribution in [3.63, 3.8) is 0 Å². The maximum absolute atomic E-state index is 5.68. The van der Waals surface area contributed by atoms with Gasteiger partial charge in [-0.2, -0.15) is 0 Å². The molecule has 0 unspecified atom stereocenters. The van der Waals surface area contributed by atoms with Crippen LogP contribution in [0.1, 0.15) is 19.4 Å². The van der Waals surface area contributed by atoms with Gasteiger partial charge in [0.1, 0.15) is 5.51 Å². The molecule has 0 aliphatic carbocycles. The van der Waals surface area contributed by atoms with Crippen molar-refractivity contribution in [1.29, 1.82) is 0 Å². The molecule has 0 fully saturated rings. The second-order valence-corrected chi connectivity index (χ2v) is 5.00. The van der Waals surface area contributed by atoms with E-state index in [0.29, 0.717) is 6.04 Å². The fraction of sp³-hybridized carbons (Fsp3) is 0.333. The summed E-state index contributed by atoms with van der Waals surface area (Å²) in [7, 11) is 0. The molecule has 2 rings (SSSR count). The first-order valence-electron chi connectivity index (χ1n) is 5.54. The van der Waals surface area contributed by atoms with E-state index in [1.54, 1.807) is 16.8 Å². The summed E-state index contributed by atoms with van der Waals surface area (Å²) in [6.45, 7) is 5.13. The Morgan fingerprint density at radius 3 is 2.53 bits per heavy atom. The van der Waals surface area contributed by atoms with Gasteiger partial charge in [-0.15, -0.1) is 10.2 Å². The fourth-order valence-corrected chi connectivity index (χ4v) is 2.28. The maximum Gasteiger partial charge on any atom is 0.208 e. The second-order valence-electron chi connectivity index (χ2n) is 4.18. The summed E-state index contributed by atoms with van der Waals surface area (Å²) in [5, 5.41) is 8.96. The molecule has 1 aromatic carbocycles. The second kappa shape index (κ2) is 5.14.